The van der Waals surface area contributed by atoms with E-state index >= 15 is 0 Å². The summed E-state index contributed by atoms with van der Waals surface area (Å²) in [6.45, 7) is 7.17. The Morgan fingerprint density at radius 3 is 2.74 bits per heavy atom. The number of nitrogens with one attached hydrogen (secondary N) is 1. The van der Waals surface area contributed by atoms with Gasteiger partial charge in [-0.1, -0.05) is 6.07 Å². The minimum Gasteiger partial charge on any atom is -0.508 e. The first-order valence-corrected chi connectivity index (χ1v) is 7.04. The lowest BCUT2D eigenvalue weighted by Gasteiger charge is -2.29. The number of phenolic OH excluding ortho intramolecular Hbond substituents is 2. The molecule has 1 atom stereocenters. The van der Waals surface area contributed by atoms with E-state index in [1.54, 1.807) is 12.1 Å². The average molecular weight is 264 g/mol. The monoisotopic (exact) mass is 264 g/mol. The zero-order chi connectivity index (χ0) is 13.8. The van der Waals surface area contributed by atoms with Gasteiger partial charge in [-0.05, 0) is 39.3 Å². The van der Waals surface area contributed by atoms with Gasteiger partial charge in [-0.25, -0.2) is 0 Å². The lowest BCUT2D eigenvalue weighted by molar-refractivity contribution is 0.192. The third-order valence-electron chi connectivity index (χ3n) is 3.79. The molecule has 3 N–H and O–H groups in total. The highest BCUT2D eigenvalue weighted by Crippen LogP contribution is 2.24. The largest absolute Gasteiger partial charge is 0.508 e. The second-order valence-electron chi connectivity index (χ2n) is 5.63. The van der Waals surface area contributed by atoms with Gasteiger partial charge in [0, 0.05) is 36.8 Å². The highest BCUT2D eigenvalue weighted by atomic mass is 16.3. The predicted octanol–water partition coefficient (Wildman–Crippen LogP) is 2.06. The van der Waals surface area contributed by atoms with E-state index in [4.69, 9.17) is 0 Å². The number of benzene rings is 1. The van der Waals surface area contributed by atoms with E-state index in [2.05, 4.69) is 24.1 Å². The maximum absolute atomic E-state index is 9.88. The van der Waals surface area contributed by atoms with Crippen molar-refractivity contribution in [3.8, 4) is 11.5 Å². The van der Waals surface area contributed by atoms with Crippen LogP contribution in [-0.4, -0.2) is 40.3 Å². The van der Waals surface area contributed by atoms with E-state index in [-0.39, 0.29) is 11.5 Å². The van der Waals surface area contributed by atoms with E-state index in [1.807, 2.05) is 0 Å². The topological polar surface area (TPSA) is 55.7 Å². The zero-order valence-corrected chi connectivity index (χ0v) is 11.8. The van der Waals surface area contributed by atoms with Gasteiger partial charge < -0.3 is 15.5 Å². The molecule has 1 unspecified atom stereocenters. The molecule has 106 valence electrons. The minimum atomic E-state index is 0.106. The highest BCUT2D eigenvalue weighted by molar-refractivity contribution is 5.38. The van der Waals surface area contributed by atoms with Crippen molar-refractivity contribution in [3.05, 3.63) is 23.8 Å². The number of aromatic hydroxyl groups is 2. The van der Waals surface area contributed by atoms with Gasteiger partial charge in [0.15, 0.2) is 0 Å². The van der Waals surface area contributed by atoms with Crippen LogP contribution in [0.3, 0.4) is 0 Å². The molecule has 4 nitrogen and oxygen atoms in total. The van der Waals surface area contributed by atoms with E-state index in [0.29, 0.717) is 18.6 Å². The maximum atomic E-state index is 9.88. The number of hydrogen-bond donors (Lipinski definition) is 3. The molecule has 1 aromatic carbocycles. The molecule has 1 aliphatic heterocycles. The predicted molar refractivity (Wildman–Crippen MR) is 76.3 cm³/mol. The van der Waals surface area contributed by atoms with Gasteiger partial charge in [-0.3, -0.25) is 4.90 Å². The molecule has 0 radical (unpaired) electrons. The molecule has 0 aromatic heterocycles. The Labute approximate surface area is 115 Å². The molecule has 0 amide bonds. The van der Waals surface area contributed by atoms with Crippen LogP contribution in [0.5, 0.6) is 11.5 Å². The summed E-state index contributed by atoms with van der Waals surface area (Å²) in [7, 11) is 0. The first-order chi connectivity index (χ1) is 9.06. The standard InChI is InChI=1S/C15H24N2O2/c1-11(2)17(10-13-4-3-7-16-13)9-12-5-6-14(18)8-15(12)19/h5-6,8,11,13,16,18-19H,3-4,7,9-10H2,1-2H3. The summed E-state index contributed by atoms with van der Waals surface area (Å²) in [6, 6.07) is 5.81. The number of rotatable bonds is 5. The van der Waals surface area contributed by atoms with Gasteiger partial charge in [-0.2, -0.15) is 0 Å². The van der Waals surface area contributed by atoms with Crippen LogP contribution in [0.25, 0.3) is 0 Å². The molecule has 19 heavy (non-hydrogen) atoms. The van der Waals surface area contributed by atoms with Gasteiger partial charge in [0.1, 0.15) is 11.5 Å². The van der Waals surface area contributed by atoms with Crippen molar-refractivity contribution < 1.29 is 10.2 Å². The Balaban J connectivity index is 2.02. The second-order valence-corrected chi connectivity index (χ2v) is 5.63. The molecule has 1 fully saturated rings. The van der Waals surface area contributed by atoms with Gasteiger partial charge in [-0.15, -0.1) is 0 Å². The summed E-state index contributed by atoms with van der Waals surface area (Å²) in [5.41, 5.74) is 0.865. The molecule has 1 heterocycles. The average Bonchev–Trinajstić information content (AvgIpc) is 2.84. The molecule has 1 saturated heterocycles. The van der Waals surface area contributed by atoms with E-state index in [1.165, 1.54) is 18.9 Å². The molecular weight excluding hydrogens is 240 g/mol. The second kappa shape index (κ2) is 6.26. The Kier molecular flexibility index (Phi) is 4.66. The first-order valence-electron chi connectivity index (χ1n) is 7.04. The number of hydrogen-bond acceptors (Lipinski definition) is 4. The van der Waals surface area contributed by atoms with Crippen molar-refractivity contribution >= 4 is 0 Å². The molecule has 2 rings (SSSR count). The Bertz CT molecular complexity index is 415. The van der Waals surface area contributed by atoms with Crippen molar-refractivity contribution in [3.63, 3.8) is 0 Å². The third-order valence-corrected chi connectivity index (χ3v) is 3.79. The van der Waals surface area contributed by atoms with Crippen LogP contribution in [0, 0.1) is 0 Å². The fourth-order valence-electron chi connectivity index (χ4n) is 2.56. The Morgan fingerprint density at radius 2 is 2.16 bits per heavy atom. The van der Waals surface area contributed by atoms with Crippen molar-refractivity contribution in [2.45, 2.75) is 45.3 Å². The van der Waals surface area contributed by atoms with Crippen LogP contribution >= 0.6 is 0 Å². The lowest BCUT2D eigenvalue weighted by atomic mass is 10.1. The van der Waals surface area contributed by atoms with Crippen LogP contribution < -0.4 is 5.32 Å². The van der Waals surface area contributed by atoms with E-state index < -0.39 is 0 Å². The Morgan fingerprint density at radius 1 is 1.37 bits per heavy atom. The number of nitrogens with zero attached hydrogens (tertiary/aromatic N) is 1. The normalized spacial score (nSPS) is 19.5. The van der Waals surface area contributed by atoms with Crippen LogP contribution in [0.2, 0.25) is 0 Å². The molecular formula is C15H24N2O2. The summed E-state index contributed by atoms with van der Waals surface area (Å²) >= 11 is 0. The minimum absolute atomic E-state index is 0.106. The van der Waals surface area contributed by atoms with Crippen molar-refractivity contribution in [2.24, 2.45) is 0 Å². The highest BCUT2D eigenvalue weighted by Gasteiger charge is 2.20. The van der Waals surface area contributed by atoms with Crippen LogP contribution in [-0.2, 0) is 6.54 Å². The first kappa shape index (κ1) is 14.2. The summed E-state index contributed by atoms with van der Waals surface area (Å²) in [5, 5.41) is 22.7. The smallest absolute Gasteiger partial charge is 0.123 e. The molecule has 4 heteroatoms. The van der Waals surface area contributed by atoms with Crippen LogP contribution in [0.1, 0.15) is 32.3 Å². The molecule has 0 aliphatic carbocycles. The Hall–Kier alpha value is -1.26. The third kappa shape index (κ3) is 3.85. The van der Waals surface area contributed by atoms with Crippen LogP contribution in [0.15, 0.2) is 18.2 Å². The summed E-state index contributed by atoms with van der Waals surface area (Å²) < 4.78 is 0. The lowest BCUT2D eigenvalue weighted by Crippen LogP contribution is -2.40. The zero-order valence-electron chi connectivity index (χ0n) is 11.8. The van der Waals surface area contributed by atoms with E-state index in [0.717, 1.165) is 18.7 Å². The van der Waals surface area contributed by atoms with Crippen molar-refractivity contribution in [1.29, 1.82) is 0 Å². The van der Waals surface area contributed by atoms with Gasteiger partial charge in [0.2, 0.25) is 0 Å². The fourth-order valence-corrected chi connectivity index (χ4v) is 2.56. The fraction of sp³-hybridized carbons (Fsp3) is 0.600. The quantitative estimate of drug-likeness (QED) is 0.762. The van der Waals surface area contributed by atoms with Gasteiger partial charge in [0.25, 0.3) is 0 Å². The van der Waals surface area contributed by atoms with Crippen molar-refractivity contribution in [2.75, 3.05) is 13.1 Å². The maximum Gasteiger partial charge on any atom is 0.123 e. The molecule has 0 bridgehead atoms. The number of phenols is 2. The van der Waals surface area contributed by atoms with Gasteiger partial charge >= 0.3 is 0 Å². The van der Waals surface area contributed by atoms with Crippen molar-refractivity contribution in [1.82, 2.24) is 10.2 Å². The molecule has 0 saturated carbocycles. The SMILES string of the molecule is CC(C)N(Cc1ccc(O)cc1O)CC1CCCN1. The summed E-state index contributed by atoms with van der Waals surface area (Å²) in [4.78, 5) is 2.36. The van der Waals surface area contributed by atoms with Crippen LogP contribution in [0.4, 0.5) is 0 Å². The van der Waals surface area contributed by atoms with E-state index in [9.17, 15) is 10.2 Å². The molecule has 1 aliphatic rings. The molecule has 0 spiro atoms. The van der Waals surface area contributed by atoms with Gasteiger partial charge in [0.05, 0.1) is 0 Å². The summed E-state index contributed by atoms with van der Waals surface area (Å²) in [6.07, 6.45) is 2.48. The summed E-state index contributed by atoms with van der Waals surface area (Å²) in [5.74, 6) is 0.278. The molecule has 1 aromatic rings.